The number of carbonyl (C=O) groups excluding carboxylic acids is 2. The maximum Gasteiger partial charge on any atom is 0.424 e. The summed E-state index contributed by atoms with van der Waals surface area (Å²) in [6.07, 6.45) is -2.18. The Hall–Kier alpha value is -2.35. The first-order valence-corrected chi connectivity index (χ1v) is 7.79. The van der Waals surface area contributed by atoms with Crippen LogP contribution < -0.4 is 4.90 Å². The van der Waals surface area contributed by atoms with Crippen LogP contribution in [0.5, 0.6) is 0 Å². The van der Waals surface area contributed by atoms with Crippen molar-refractivity contribution in [1.82, 2.24) is 0 Å². The molecule has 1 aromatic carbocycles. The number of imide groups is 1. The van der Waals surface area contributed by atoms with Gasteiger partial charge in [0.2, 0.25) is 0 Å². The molecule has 0 aliphatic rings. The van der Waals surface area contributed by atoms with Crippen LogP contribution in [0.2, 0.25) is 5.02 Å². The molecule has 0 saturated carbocycles. The van der Waals surface area contributed by atoms with Crippen molar-refractivity contribution in [2.24, 2.45) is 0 Å². The second-order valence-electron chi connectivity index (χ2n) is 7.19. The molecule has 0 unspecified atom stereocenters. The third-order valence-corrected chi connectivity index (χ3v) is 2.76. The van der Waals surface area contributed by atoms with E-state index in [-0.39, 0.29) is 10.7 Å². The molecule has 1 aromatic rings. The topological polar surface area (TPSA) is 99.0 Å². The van der Waals surface area contributed by atoms with Gasteiger partial charge in [-0.05, 0) is 53.7 Å². The van der Waals surface area contributed by atoms with E-state index in [9.17, 15) is 19.7 Å². The molecule has 0 fully saturated rings. The predicted octanol–water partition coefficient (Wildman–Crippen LogP) is 4.92. The third kappa shape index (κ3) is 6.22. The molecule has 1 rings (SSSR count). The Labute approximate surface area is 150 Å². The first-order chi connectivity index (χ1) is 11.2. The van der Waals surface area contributed by atoms with Crippen molar-refractivity contribution in [2.75, 3.05) is 4.90 Å². The van der Waals surface area contributed by atoms with Crippen LogP contribution in [0.4, 0.5) is 21.0 Å². The Morgan fingerprint density at radius 3 is 1.84 bits per heavy atom. The van der Waals surface area contributed by atoms with Crippen LogP contribution in [0.15, 0.2) is 18.2 Å². The molecule has 0 atom stereocenters. The smallest absolute Gasteiger partial charge is 0.424 e. The lowest BCUT2D eigenvalue weighted by Gasteiger charge is -2.28. The molecule has 0 aromatic heterocycles. The summed E-state index contributed by atoms with van der Waals surface area (Å²) in [5, 5.41) is 11.4. The number of benzene rings is 1. The molecule has 9 heteroatoms. The van der Waals surface area contributed by atoms with Crippen molar-refractivity contribution in [2.45, 2.75) is 52.7 Å². The lowest BCUT2D eigenvalue weighted by molar-refractivity contribution is -0.384. The van der Waals surface area contributed by atoms with Crippen molar-refractivity contribution in [3.05, 3.63) is 33.3 Å². The number of nitro groups is 1. The monoisotopic (exact) mass is 372 g/mol. The summed E-state index contributed by atoms with van der Waals surface area (Å²) in [7, 11) is 0. The number of rotatable bonds is 2. The van der Waals surface area contributed by atoms with E-state index in [0.29, 0.717) is 4.90 Å². The Kier molecular flexibility index (Phi) is 6.01. The predicted molar refractivity (Wildman–Crippen MR) is 93.1 cm³/mol. The van der Waals surface area contributed by atoms with Gasteiger partial charge in [0.1, 0.15) is 16.9 Å². The molecule has 0 radical (unpaired) electrons. The zero-order valence-electron chi connectivity index (χ0n) is 15.0. The molecule has 138 valence electrons. The van der Waals surface area contributed by atoms with Gasteiger partial charge in [-0.1, -0.05) is 11.6 Å². The fourth-order valence-electron chi connectivity index (χ4n) is 1.72. The van der Waals surface area contributed by atoms with Crippen LogP contribution in [0, 0.1) is 10.1 Å². The summed E-state index contributed by atoms with van der Waals surface area (Å²) in [6, 6.07) is 3.55. The van der Waals surface area contributed by atoms with E-state index in [1.807, 2.05) is 0 Å². The summed E-state index contributed by atoms with van der Waals surface area (Å²) in [5.74, 6) is 0. The number of hydrogen-bond acceptors (Lipinski definition) is 6. The average Bonchev–Trinajstić information content (AvgIpc) is 2.36. The normalized spacial score (nSPS) is 11.6. The molecule has 2 amide bonds. The van der Waals surface area contributed by atoms with Crippen molar-refractivity contribution in [1.29, 1.82) is 0 Å². The highest BCUT2D eigenvalue weighted by Gasteiger charge is 2.36. The number of anilines is 1. The number of amides is 2. The summed E-state index contributed by atoms with van der Waals surface area (Å²) in [5.41, 5.74) is -2.65. The maximum atomic E-state index is 12.5. The van der Waals surface area contributed by atoms with E-state index in [1.54, 1.807) is 41.5 Å². The van der Waals surface area contributed by atoms with Gasteiger partial charge in [0, 0.05) is 11.1 Å². The zero-order valence-corrected chi connectivity index (χ0v) is 15.7. The fraction of sp³-hybridized carbons (Fsp3) is 0.500. The van der Waals surface area contributed by atoms with Gasteiger partial charge in [-0.25, -0.2) is 9.59 Å². The molecule has 8 nitrogen and oxygen atoms in total. The third-order valence-electron chi connectivity index (χ3n) is 2.53. The minimum absolute atomic E-state index is 0.0868. The Bertz CT molecular complexity index is 663. The van der Waals surface area contributed by atoms with Crippen LogP contribution in [-0.4, -0.2) is 28.3 Å². The molecule has 0 N–H and O–H groups in total. The summed E-state index contributed by atoms with van der Waals surface area (Å²) in [4.78, 5) is 36.0. The standard InChI is InChI=1S/C16H21ClN2O6/c1-15(2,3)24-13(20)18(14(21)25-16(4,5)6)11-8-7-10(17)9-12(11)19(22)23/h7-9H,1-6H3. The number of nitro benzene ring substituents is 1. The SMILES string of the molecule is CC(C)(C)OC(=O)N(C(=O)OC(C)(C)C)c1ccc(Cl)cc1[N+](=O)[O-]. The molecular formula is C16H21ClN2O6. The fourth-order valence-corrected chi connectivity index (χ4v) is 1.88. The molecule has 0 aliphatic heterocycles. The Morgan fingerprint density at radius 1 is 1.04 bits per heavy atom. The molecule has 0 aliphatic carbocycles. The van der Waals surface area contributed by atoms with E-state index < -0.39 is 34.0 Å². The summed E-state index contributed by atoms with van der Waals surface area (Å²) in [6.45, 7) is 9.63. The molecule has 0 saturated heterocycles. The second-order valence-corrected chi connectivity index (χ2v) is 7.62. The van der Waals surface area contributed by atoms with Gasteiger partial charge in [-0.3, -0.25) is 10.1 Å². The summed E-state index contributed by atoms with van der Waals surface area (Å²) >= 11 is 5.78. The molecular weight excluding hydrogens is 352 g/mol. The van der Waals surface area contributed by atoms with Crippen LogP contribution in [-0.2, 0) is 9.47 Å². The van der Waals surface area contributed by atoms with Crippen LogP contribution >= 0.6 is 11.6 Å². The van der Waals surface area contributed by atoms with Gasteiger partial charge in [0.05, 0.1) is 4.92 Å². The lowest BCUT2D eigenvalue weighted by Crippen LogP contribution is -2.44. The minimum atomic E-state index is -1.09. The molecule has 25 heavy (non-hydrogen) atoms. The largest absolute Gasteiger partial charge is 0.443 e. The number of carbonyl (C=O) groups is 2. The molecule has 0 bridgehead atoms. The number of nitrogens with zero attached hydrogens (tertiary/aromatic N) is 2. The van der Waals surface area contributed by atoms with Crippen molar-refractivity contribution in [3.8, 4) is 0 Å². The van der Waals surface area contributed by atoms with Crippen LogP contribution in [0.3, 0.4) is 0 Å². The first kappa shape index (κ1) is 20.7. The number of halogens is 1. The van der Waals surface area contributed by atoms with E-state index >= 15 is 0 Å². The molecule has 0 heterocycles. The quantitative estimate of drug-likeness (QED) is 0.539. The number of ether oxygens (including phenoxy) is 2. The van der Waals surface area contributed by atoms with Crippen molar-refractivity contribution >= 4 is 35.2 Å². The summed E-state index contributed by atoms with van der Waals surface area (Å²) < 4.78 is 10.4. The lowest BCUT2D eigenvalue weighted by atomic mass is 10.2. The highest BCUT2D eigenvalue weighted by molar-refractivity contribution is 6.31. The maximum absolute atomic E-state index is 12.5. The Balaban J connectivity index is 3.44. The highest BCUT2D eigenvalue weighted by atomic mass is 35.5. The number of hydrogen-bond donors (Lipinski definition) is 0. The van der Waals surface area contributed by atoms with Crippen molar-refractivity contribution < 1.29 is 24.0 Å². The van der Waals surface area contributed by atoms with Gasteiger partial charge in [-0.2, -0.15) is 4.90 Å². The molecule has 0 spiro atoms. The van der Waals surface area contributed by atoms with Crippen LogP contribution in [0.1, 0.15) is 41.5 Å². The van der Waals surface area contributed by atoms with E-state index in [4.69, 9.17) is 21.1 Å². The first-order valence-electron chi connectivity index (χ1n) is 7.41. The zero-order chi connectivity index (χ0) is 19.6. The van der Waals surface area contributed by atoms with Crippen molar-refractivity contribution in [3.63, 3.8) is 0 Å². The van der Waals surface area contributed by atoms with Gasteiger partial charge in [-0.15, -0.1) is 0 Å². The van der Waals surface area contributed by atoms with Gasteiger partial charge >= 0.3 is 12.2 Å². The van der Waals surface area contributed by atoms with E-state index in [0.717, 1.165) is 6.07 Å². The van der Waals surface area contributed by atoms with Gasteiger partial charge in [0.15, 0.2) is 0 Å². The van der Waals surface area contributed by atoms with Gasteiger partial charge < -0.3 is 9.47 Å². The van der Waals surface area contributed by atoms with E-state index in [2.05, 4.69) is 0 Å². The average molecular weight is 373 g/mol. The van der Waals surface area contributed by atoms with Gasteiger partial charge in [0.25, 0.3) is 5.69 Å². The highest BCUT2D eigenvalue weighted by Crippen LogP contribution is 2.33. The van der Waals surface area contributed by atoms with Crippen LogP contribution in [0.25, 0.3) is 0 Å². The van der Waals surface area contributed by atoms with E-state index in [1.165, 1.54) is 12.1 Å². The minimum Gasteiger partial charge on any atom is -0.443 e. The Morgan fingerprint density at radius 2 is 1.48 bits per heavy atom. The second kappa shape index (κ2) is 7.26.